The second-order valence-electron chi connectivity index (χ2n) is 9.54. The quantitative estimate of drug-likeness (QED) is 0.446. The molecular formula is C29H30O6. The van der Waals surface area contributed by atoms with Crippen LogP contribution in [0.2, 0.25) is 0 Å². The third-order valence-corrected chi connectivity index (χ3v) is 7.21. The second-order valence-corrected chi connectivity index (χ2v) is 9.54. The van der Waals surface area contributed by atoms with Crippen molar-refractivity contribution in [3.05, 3.63) is 77.1 Å². The van der Waals surface area contributed by atoms with Crippen LogP contribution in [0.5, 0.6) is 17.2 Å². The number of carbonyl (C=O) groups excluding carboxylic acids is 1. The van der Waals surface area contributed by atoms with Crippen LogP contribution in [0.3, 0.4) is 0 Å². The summed E-state index contributed by atoms with van der Waals surface area (Å²) in [5.41, 5.74) is 2.09. The Balaban J connectivity index is 1.43. The van der Waals surface area contributed by atoms with Gasteiger partial charge in [0.15, 0.2) is 6.10 Å². The number of carbonyl (C=O) groups is 1. The maximum Gasteiger partial charge on any atom is 0.337 e. The van der Waals surface area contributed by atoms with Crippen LogP contribution in [0.25, 0.3) is 10.8 Å². The minimum atomic E-state index is -0.671. The SMILES string of the molecule is COc1cc(OC)c2c(c1)O[C@@H]1C(O)=C(C(=O)OCc3ccc4ccccc4c3)C[C@@H](C(C)C)[C@H]21. The zero-order chi connectivity index (χ0) is 24.7. The number of ether oxygens (including phenoxy) is 4. The summed E-state index contributed by atoms with van der Waals surface area (Å²) in [6, 6.07) is 17.7. The molecule has 1 aliphatic heterocycles. The van der Waals surface area contributed by atoms with E-state index in [0.29, 0.717) is 23.7 Å². The van der Waals surface area contributed by atoms with Gasteiger partial charge in [-0.1, -0.05) is 50.2 Å². The Hall–Kier alpha value is -3.67. The minimum absolute atomic E-state index is 0.0580. The van der Waals surface area contributed by atoms with Crippen molar-refractivity contribution in [3.63, 3.8) is 0 Å². The van der Waals surface area contributed by atoms with Gasteiger partial charge in [0, 0.05) is 23.6 Å². The fourth-order valence-electron chi connectivity index (χ4n) is 5.36. The molecule has 182 valence electrons. The van der Waals surface area contributed by atoms with Crippen molar-refractivity contribution < 1.29 is 28.8 Å². The molecule has 35 heavy (non-hydrogen) atoms. The van der Waals surface area contributed by atoms with Gasteiger partial charge >= 0.3 is 5.97 Å². The van der Waals surface area contributed by atoms with Crippen LogP contribution in [0.1, 0.15) is 37.3 Å². The van der Waals surface area contributed by atoms with Crippen molar-refractivity contribution in [1.29, 1.82) is 0 Å². The second kappa shape index (κ2) is 9.17. The molecular weight excluding hydrogens is 444 g/mol. The third-order valence-electron chi connectivity index (χ3n) is 7.21. The van der Waals surface area contributed by atoms with Crippen molar-refractivity contribution in [1.82, 2.24) is 0 Å². The Morgan fingerprint density at radius 1 is 1.06 bits per heavy atom. The Morgan fingerprint density at radius 3 is 2.54 bits per heavy atom. The average molecular weight is 475 g/mol. The lowest BCUT2D eigenvalue weighted by molar-refractivity contribution is -0.141. The molecule has 0 spiro atoms. The minimum Gasteiger partial charge on any atom is -0.508 e. The fourth-order valence-corrected chi connectivity index (χ4v) is 5.36. The topological polar surface area (TPSA) is 74.2 Å². The first-order chi connectivity index (χ1) is 16.9. The lowest BCUT2D eigenvalue weighted by Gasteiger charge is -2.36. The molecule has 0 aromatic heterocycles. The first-order valence-electron chi connectivity index (χ1n) is 11.9. The van der Waals surface area contributed by atoms with Crippen LogP contribution in [0.15, 0.2) is 65.9 Å². The van der Waals surface area contributed by atoms with Gasteiger partial charge in [0.25, 0.3) is 0 Å². The van der Waals surface area contributed by atoms with Gasteiger partial charge in [-0.2, -0.15) is 0 Å². The highest BCUT2D eigenvalue weighted by Gasteiger charge is 2.50. The molecule has 0 amide bonds. The van der Waals surface area contributed by atoms with E-state index in [9.17, 15) is 9.90 Å². The Kier molecular flexibility index (Phi) is 6.05. The predicted molar refractivity (Wildman–Crippen MR) is 133 cm³/mol. The summed E-state index contributed by atoms with van der Waals surface area (Å²) in [4.78, 5) is 13.2. The van der Waals surface area contributed by atoms with Crippen molar-refractivity contribution >= 4 is 16.7 Å². The largest absolute Gasteiger partial charge is 0.508 e. The number of esters is 1. The highest BCUT2D eigenvalue weighted by molar-refractivity contribution is 5.90. The standard InChI is InChI=1S/C29H30O6/c1-16(2)21-14-22(29(31)34-15-17-9-10-18-7-5-6-8-19(18)11-17)27(30)28-25(21)26-23(33-4)12-20(32-3)13-24(26)35-28/h5-13,16,21,25,28,30H,14-15H2,1-4H3/t21-,25+,28-/m0/s1. The molecule has 0 unspecified atom stereocenters. The molecule has 3 aromatic carbocycles. The van der Waals surface area contributed by atoms with E-state index < -0.39 is 12.1 Å². The summed E-state index contributed by atoms with van der Waals surface area (Å²) in [5, 5.41) is 13.4. The molecule has 1 heterocycles. The normalized spacial score (nSPS) is 20.9. The molecule has 5 rings (SSSR count). The third kappa shape index (κ3) is 4.07. The Morgan fingerprint density at radius 2 is 1.83 bits per heavy atom. The van der Waals surface area contributed by atoms with Crippen LogP contribution in [-0.2, 0) is 16.1 Å². The molecule has 1 N–H and O–H groups in total. The van der Waals surface area contributed by atoms with E-state index in [0.717, 1.165) is 21.9 Å². The Labute approximate surface area is 205 Å². The Bertz CT molecular complexity index is 1310. The molecule has 0 fully saturated rings. The number of aliphatic hydroxyl groups is 1. The van der Waals surface area contributed by atoms with Gasteiger partial charge in [-0.3, -0.25) is 0 Å². The molecule has 3 atom stereocenters. The molecule has 1 aliphatic carbocycles. The number of fused-ring (bicyclic) bond motifs is 4. The average Bonchev–Trinajstić information content (AvgIpc) is 3.26. The van der Waals surface area contributed by atoms with Gasteiger partial charge in [-0.25, -0.2) is 4.79 Å². The maximum absolute atomic E-state index is 13.2. The molecule has 0 bridgehead atoms. The van der Waals surface area contributed by atoms with E-state index in [1.807, 2.05) is 48.5 Å². The van der Waals surface area contributed by atoms with Crippen LogP contribution in [0, 0.1) is 11.8 Å². The zero-order valence-corrected chi connectivity index (χ0v) is 20.4. The maximum atomic E-state index is 13.2. The van der Waals surface area contributed by atoms with E-state index in [2.05, 4.69) is 13.8 Å². The van der Waals surface area contributed by atoms with Gasteiger partial charge in [-0.05, 0) is 40.7 Å². The van der Waals surface area contributed by atoms with Gasteiger partial charge in [0.1, 0.15) is 29.6 Å². The summed E-state index contributed by atoms with van der Waals surface area (Å²) in [6.45, 7) is 4.37. The molecule has 2 aliphatic rings. The summed E-state index contributed by atoms with van der Waals surface area (Å²) >= 11 is 0. The van der Waals surface area contributed by atoms with Crippen LogP contribution >= 0.6 is 0 Å². The highest BCUT2D eigenvalue weighted by atomic mass is 16.5. The van der Waals surface area contributed by atoms with Crippen LogP contribution < -0.4 is 14.2 Å². The van der Waals surface area contributed by atoms with E-state index in [-0.39, 0.29) is 35.7 Å². The number of aliphatic hydroxyl groups excluding tert-OH is 1. The van der Waals surface area contributed by atoms with Gasteiger partial charge < -0.3 is 24.1 Å². The lowest BCUT2D eigenvalue weighted by Crippen LogP contribution is -2.37. The summed E-state index contributed by atoms with van der Waals surface area (Å²) in [6.07, 6.45) is -0.269. The highest BCUT2D eigenvalue weighted by Crippen LogP contribution is 2.55. The molecule has 0 radical (unpaired) electrons. The van der Waals surface area contributed by atoms with Gasteiger partial charge in [0.05, 0.1) is 19.8 Å². The van der Waals surface area contributed by atoms with Gasteiger partial charge in [-0.15, -0.1) is 0 Å². The van der Waals surface area contributed by atoms with Crippen LogP contribution in [-0.4, -0.2) is 31.4 Å². The van der Waals surface area contributed by atoms with E-state index in [4.69, 9.17) is 18.9 Å². The van der Waals surface area contributed by atoms with Gasteiger partial charge in [0.2, 0.25) is 0 Å². The smallest absolute Gasteiger partial charge is 0.337 e. The van der Waals surface area contributed by atoms with Crippen molar-refractivity contribution in [3.8, 4) is 17.2 Å². The number of hydrogen-bond acceptors (Lipinski definition) is 6. The van der Waals surface area contributed by atoms with Crippen molar-refractivity contribution in [2.75, 3.05) is 14.2 Å². The monoisotopic (exact) mass is 474 g/mol. The first kappa shape index (κ1) is 23.1. The molecule has 6 nitrogen and oxygen atoms in total. The molecule has 0 saturated heterocycles. The van der Waals surface area contributed by atoms with Crippen LogP contribution in [0.4, 0.5) is 0 Å². The summed E-state index contributed by atoms with van der Waals surface area (Å²) in [5.74, 6) is 1.47. The van der Waals surface area contributed by atoms with Crippen molar-refractivity contribution in [2.45, 2.75) is 38.9 Å². The predicted octanol–water partition coefficient (Wildman–Crippen LogP) is 5.93. The first-order valence-corrected chi connectivity index (χ1v) is 11.9. The number of hydrogen-bond donors (Lipinski definition) is 1. The molecule has 0 saturated carbocycles. The fraction of sp³-hybridized carbons (Fsp3) is 0.345. The molecule has 3 aromatic rings. The summed E-state index contributed by atoms with van der Waals surface area (Å²) < 4.78 is 22.9. The number of benzene rings is 3. The van der Waals surface area contributed by atoms with E-state index in [1.165, 1.54) is 0 Å². The number of rotatable bonds is 6. The lowest BCUT2D eigenvalue weighted by atomic mass is 9.69. The summed E-state index contributed by atoms with van der Waals surface area (Å²) in [7, 11) is 3.20. The van der Waals surface area contributed by atoms with Crippen molar-refractivity contribution in [2.24, 2.45) is 11.8 Å². The van der Waals surface area contributed by atoms with E-state index >= 15 is 0 Å². The zero-order valence-electron chi connectivity index (χ0n) is 20.4. The van der Waals surface area contributed by atoms with E-state index in [1.54, 1.807) is 20.3 Å². The number of methoxy groups -OCH3 is 2. The molecule has 6 heteroatoms.